The average molecular weight is 406 g/mol. The standard InChI is InChI=1S/C23H23FN4O2/c1-3-28-19-7-5-4-6-18(19)26-21(28)15-27(2)23(29)13-12-22-25-14-20(30-22)16-8-10-17(24)11-9-16/h4-11,14H,3,12-13,15H2,1-2H3. The quantitative estimate of drug-likeness (QED) is 0.455. The van der Waals surface area contributed by atoms with Crippen LogP contribution < -0.4 is 0 Å². The summed E-state index contributed by atoms with van der Waals surface area (Å²) in [5, 5.41) is 0. The number of para-hydroxylation sites is 2. The summed E-state index contributed by atoms with van der Waals surface area (Å²) in [7, 11) is 1.78. The summed E-state index contributed by atoms with van der Waals surface area (Å²) >= 11 is 0. The van der Waals surface area contributed by atoms with Gasteiger partial charge in [0.25, 0.3) is 0 Å². The summed E-state index contributed by atoms with van der Waals surface area (Å²) in [6.45, 7) is 3.30. The van der Waals surface area contributed by atoms with E-state index in [1.54, 1.807) is 30.3 Å². The Balaban J connectivity index is 1.38. The smallest absolute Gasteiger partial charge is 0.223 e. The van der Waals surface area contributed by atoms with Gasteiger partial charge in [0.05, 0.1) is 23.8 Å². The molecule has 0 atom stereocenters. The molecule has 0 unspecified atom stereocenters. The molecule has 0 bridgehead atoms. The number of carbonyl (C=O) groups is 1. The van der Waals surface area contributed by atoms with Crippen molar-refractivity contribution in [1.82, 2.24) is 19.4 Å². The van der Waals surface area contributed by atoms with Crippen LogP contribution in [0.3, 0.4) is 0 Å². The third-order valence-electron chi connectivity index (χ3n) is 5.09. The van der Waals surface area contributed by atoms with Crippen molar-refractivity contribution in [2.45, 2.75) is 32.9 Å². The van der Waals surface area contributed by atoms with Crippen molar-refractivity contribution in [3.05, 3.63) is 72.3 Å². The molecule has 30 heavy (non-hydrogen) atoms. The second-order valence-corrected chi connectivity index (χ2v) is 7.14. The number of benzene rings is 2. The molecule has 0 radical (unpaired) electrons. The van der Waals surface area contributed by atoms with E-state index in [2.05, 4.69) is 21.5 Å². The Hall–Kier alpha value is -3.48. The van der Waals surface area contributed by atoms with Gasteiger partial charge in [-0.3, -0.25) is 4.79 Å². The first-order valence-corrected chi connectivity index (χ1v) is 9.94. The molecule has 1 amide bonds. The Bertz CT molecular complexity index is 1160. The normalized spacial score (nSPS) is 11.2. The Morgan fingerprint density at radius 2 is 1.93 bits per heavy atom. The number of aryl methyl sites for hydroxylation is 2. The van der Waals surface area contributed by atoms with Crippen molar-refractivity contribution >= 4 is 16.9 Å². The minimum Gasteiger partial charge on any atom is -0.441 e. The van der Waals surface area contributed by atoms with Crippen LogP contribution in [0.15, 0.2) is 59.1 Å². The Labute approximate surface area is 174 Å². The topological polar surface area (TPSA) is 64.2 Å². The fraction of sp³-hybridized carbons (Fsp3) is 0.261. The molecule has 0 saturated heterocycles. The van der Waals surface area contributed by atoms with Gasteiger partial charge in [0, 0.05) is 32.0 Å². The van der Waals surface area contributed by atoms with Gasteiger partial charge in [0.2, 0.25) is 5.91 Å². The molecule has 2 aromatic heterocycles. The highest BCUT2D eigenvalue weighted by molar-refractivity contribution is 5.77. The van der Waals surface area contributed by atoms with Crippen LogP contribution in [0.5, 0.6) is 0 Å². The maximum Gasteiger partial charge on any atom is 0.223 e. The van der Waals surface area contributed by atoms with Gasteiger partial charge >= 0.3 is 0 Å². The molecule has 2 heterocycles. The van der Waals surface area contributed by atoms with Crippen LogP contribution >= 0.6 is 0 Å². The van der Waals surface area contributed by atoms with E-state index in [1.165, 1.54) is 12.1 Å². The number of halogens is 1. The molecule has 7 heteroatoms. The third kappa shape index (κ3) is 4.10. The minimum absolute atomic E-state index is 0.00811. The first-order valence-electron chi connectivity index (χ1n) is 9.94. The maximum absolute atomic E-state index is 13.1. The Morgan fingerprint density at radius 3 is 2.70 bits per heavy atom. The van der Waals surface area contributed by atoms with Crippen molar-refractivity contribution < 1.29 is 13.6 Å². The van der Waals surface area contributed by atoms with Crippen LogP contribution in [-0.2, 0) is 24.3 Å². The van der Waals surface area contributed by atoms with E-state index in [4.69, 9.17) is 4.42 Å². The Kier molecular flexibility index (Phi) is 5.61. The zero-order valence-corrected chi connectivity index (χ0v) is 17.0. The minimum atomic E-state index is -0.302. The van der Waals surface area contributed by atoms with Crippen LogP contribution in [0, 0.1) is 5.82 Å². The highest BCUT2D eigenvalue weighted by Gasteiger charge is 2.16. The molecule has 2 aromatic carbocycles. The maximum atomic E-state index is 13.1. The van der Waals surface area contributed by atoms with Gasteiger partial charge in [0.1, 0.15) is 11.6 Å². The number of rotatable bonds is 7. The number of hydrogen-bond donors (Lipinski definition) is 0. The lowest BCUT2D eigenvalue weighted by Gasteiger charge is -2.17. The second-order valence-electron chi connectivity index (χ2n) is 7.14. The molecule has 6 nitrogen and oxygen atoms in total. The summed E-state index contributed by atoms with van der Waals surface area (Å²) < 4.78 is 20.9. The molecule has 154 valence electrons. The van der Waals surface area contributed by atoms with Crippen LogP contribution in [0.2, 0.25) is 0 Å². The van der Waals surface area contributed by atoms with E-state index >= 15 is 0 Å². The monoisotopic (exact) mass is 406 g/mol. The number of imidazole rings is 1. The number of carbonyl (C=O) groups excluding carboxylic acids is 1. The van der Waals surface area contributed by atoms with Crippen molar-refractivity contribution in [2.24, 2.45) is 0 Å². The molecule has 0 aliphatic heterocycles. The molecule has 0 saturated carbocycles. The van der Waals surface area contributed by atoms with Crippen LogP contribution in [0.1, 0.15) is 25.1 Å². The van der Waals surface area contributed by atoms with E-state index < -0.39 is 0 Å². The summed E-state index contributed by atoms with van der Waals surface area (Å²) in [6.07, 6.45) is 2.28. The molecular weight excluding hydrogens is 383 g/mol. The van der Waals surface area contributed by atoms with Gasteiger partial charge < -0.3 is 13.9 Å². The number of fused-ring (bicyclic) bond motifs is 1. The molecule has 4 rings (SSSR count). The van der Waals surface area contributed by atoms with E-state index in [9.17, 15) is 9.18 Å². The lowest BCUT2D eigenvalue weighted by Crippen LogP contribution is -2.28. The van der Waals surface area contributed by atoms with Crippen LogP contribution in [0.4, 0.5) is 4.39 Å². The van der Waals surface area contributed by atoms with Gasteiger partial charge in [-0.2, -0.15) is 0 Å². The molecular formula is C23H23FN4O2. The van der Waals surface area contributed by atoms with Gasteiger partial charge in [-0.05, 0) is 43.3 Å². The second kappa shape index (κ2) is 8.49. The summed E-state index contributed by atoms with van der Waals surface area (Å²) in [5.41, 5.74) is 2.75. The number of hydrogen-bond acceptors (Lipinski definition) is 4. The third-order valence-corrected chi connectivity index (χ3v) is 5.09. The largest absolute Gasteiger partial charge is 0.441 e. The van der Waals surface area contributed by atoms with E-state index in [-0.39, 0.29) is 18.1 Å². The van der Waals surface area contributed by atoms with Crippen molar-refractivity contribution in [3.8, 4) is 11.3 Å². The molecule has 4 aromatic rings. The van der Waals surface area contributed by atoms with Gasteiger partial charge in [-0.1, -0.05) is 12.1 Å². The number of aromatic nitrogens is 3. The molecule has 0 N–H and O–H groups in total. The lowest BCUT2D eigenvalue weighted by atomic mass is 10.2. The highest BCUT2D eigenvalue weighted by Crippen LogP contribution is 2.21. The van der Waals surface area contributed by atoms with Gasteiger partial charge in [-0.25, -0.2) is 14.4 Å². The molecule has 0 aliphatic rings. The molecule has 0 aliphatic carbocycles. The molecule has 0 spiro atoms. The summed E-state index contributed by atoms with van der Waals surface area (Å²) in [6, 6.07) is 14.0. The zero-order chi connectivity index (χ0) is 21.1. The SMILES string of the molecule is CCn1c(CN(C)C(=O)CCc2ncc(-c3ccc(F)cc3)o2)nc2ccccc21. The van der Waals surface area contributed by atoms with Gasteiger partial charge in [-0.15, -0.1) is 0 Å². The predicted octanol–water partition coefficient (Wildman–Crippen LogP) is 4.44. The number of nitrogens with zero attached hydrogens (tertiary/aromatic N) is 4. The average Bonchev–Trinajstić information content (AvgIpc) is 3.36. The van der Waals surface area contributed by atoms with E-state index in [0.29, 0.717) is 24.6 Å². The number of amides is 1. The molecule has 0 fully saturated rings. The predicted molar refractivity (Wildman–Crippen MR) is 112 cm³/mol. The first-order chi connectivity index (χ1) is 14.5. The fourth-order valence-corrected chi connectivity index (χ4v) is 3.48. The van der Waals surface area contributed by atoms with E-state index in [1.807, 2.05) is 24.3 Å². The fourth-order valence-electron chi connectivity index (χ4n) is 3.48. The van der Waals surface area contributed by atoms with Crippen molar-refractivity contribution in [3.63, 3.8) is 0 Å². The first kappa shape index (κ1) is 19.8. The van der Waals surface area contributed by atoms with E-state index in [0.717, 1.165) is 29.0 Å². The van der Waals surface area contributed by atoms with Crippen LogP contribution in [0.25, 0.3) is 22.4 Å². The summed E-state index contributed by atoms with van der Waals surface area (Å²) in [5.74, 6) is 1.60. The lowest BCUT2D eigenvalue weighted by molar-refractivity contribution is -0.130. The van der Waals surface area contributed by atoms with Crippen LogP contribution in [-0.4, -0.2) is 32.4 Å². The highest BCUT2D eigenvalue weighted by atomic mass is 19.1. The van der Waals surface area contributed by atoms with Crippen molar-refractivity contribution in [1.29, 1.82) is 0 Å². The zero-order valence-electron chi connectivity index (χ0n) is 17.0. The van der Waals surface area contributed by atoms with Crippen molar-refractivity contribution in [2.75, 3.05) is 7.05 Å². The number of oxazole rings is 1. The van der Waals surface area contributed by atoms with Gasteiger partial charge in [0.15, 0.2) is 11.7 Å². The Morgan fingerprint density at radius 1 is 1.17 bits per heavy atom. The summed E-state index contributed by atoms with van der Waals surface area (Å²) in [4.78, 5) is 23.2.